The molecule has 2 N–H and O–H groups in total. The van der Waals surface area contributed by atoms with Crippen molar-refractivity contribution in [2.24, 2.45) is 0 Å². The first-order valence-corrected chi connectivity index (χ1v) is 2.00. The maximum Gasteiger partial charge on any atom is 1.00 e. The van der Waals surface area contributed by atoms with E-state index >= 15 is 0 Å². The Labute approximate surface area is 77.7 Å². The van der Waals surface area contributed by atoms with Crippen LogP contribution in [0.25, 0.3) is 0 Å². The Balaban J connectivity index is 0.000000810. The fourth-order valence-electron chi connectivity index (χ4n) is 0.317. The first kappa shape index (κ1) is 9.41. The van der Waals surface area contributed by atoms with Gasteiger partial charge in [-0.25, -0.2) is 0 Å². The molecule has 0 aliphatic rings. The zero-order chi connectivity index (χ0) is 6.85. The van der Waals surface area contributed by atoms with Crippen molar-refractivity contribution in [3.8, 4) is 0 Å². The molecule has 0 saturated heterocycles. The van der Waals surface area contributed by atoms with Gasteiger partial charge in [0.15, 0.2) is 0 Å². The van der Waals surface area contributed by atoms with Gasteiger partial charge in [0, 0.05) is 0 Å². The molecule has 1 rings (SSSR count). The smallest absolute Gasteiger partial charge is 0.540 e. The number of anilines is 1. The van der Waals surface area contributed by atoms with E-state index in [1.54, 1.807) is 0 Å². The van der Waals surface area contributed by atoms with Crippen LogP contribution in [0.15, 0.2) is 4.42 Å². The van der Waals surface area contributed by atoms with E-state index in [0.717, 1.165) is 0 Å². The van der Waals surface area contributed by atoms with Crippen molar-refractivity contribution >= 4 is 12.0 Å². The van der Waals surface area contributed by atoms with Gasteiger partial charge < -0.3 is 20.1 Å². The number of nitrogens with zero attached hydrogens (tertiary/aromatic N) is 2. The molecular weight excluding hydrogens is 149 g/mol. The van der Waals surface area contributed by atoms with Crippen LogP contribution in [0, 0.1) is 0 Å². The number of hydrogen-bond donors (Lipinski definition) is 1. The van der Waals surface area contributed by atoms with Gasteiger partial charge in [-0.05, 0) is 0 Å². The topological polar surface area (TPSA) is 105 Å². The van der Waals surface area contributed by atoms with Crippen LogP contribution >= 0.6 is 0 Å². The van der Waals surface area contributed by atoms with Crippen LogP contribution in [-0.2, 0) is 0 Å². The summed E-state index contributed by atoms with van der Waals surface area (Å²) in [6.07, 6.45) is 0. The molecule has 0 aromatic carbocycles. The third-order valence-electron chi connectivity index (χ3n) is 0.615. The number of aromatic carboxylic acids is 1. The Morgan fingerprint density at radius 3 is 2.40 bits per heavy atom. The monoisotopic (exact) mass is 151 g/mol. The standard InChI is InChI=1S/C3H3N3O3.Na/c4-3-6-5-1(9-3)2(7)8;/h(H2,4,6)(H,7,8);/q;+1/p-1. The van der Waals surface area contributed by atoms with Gasteiger partial charge in [-0.1, -0.05) is 5.10 Å². The summed E-state index contributed by atoms with van der Waals surface area (Å²) in [7, 11) is 0. The first-order chi connectivity index (χ1) is 4.20. The summed E-state index contributed by atoms with van der Waals surface area (Å²) >= 11 is 0. The number of carbonyl (C=O) groups excluding carboxylic acids is 1. The number of carbonyl (C=O) groups is 1. The van der Waals surface area contributed by atoms with Crippen LogP contribution < -0.4 is 40.4 Å². The predicted octanol–water partition coefficient (Wildman–Crippen LogP) is -4.98. The van der Waals surface area contributed by atoms with Crippen molar-refractivity contribution in [1.29, 1.82) is 0 Å². The van der Waals surface area contributed by atoms with Crippen molar-refractivity contribution in [2.45, 2.75) is 0 Å². The Bertz CT molecular complexity index is 235. The van der Waals surface area contributed by atoms with Crippen molar-refractivity contribution in [3.05, 3.63) is 5.89 Å². The zero-order valence-electron chi connectivity index (χ0n) is 5.20. The molecule has 0 amide bonds. The van der Waals surface area contributed by atoms with Crippen LogP contribution in [0.4, 0.5) is 6.01 Å². The number of aromatic nitrogens is 2. The van der Waals surface area contributed by atoms with Crippen LogP contribution in [0.5, 0.6) is 0 Å². The van der Waals surface area contributed by atoms with E-state index < -0.39 is 11.9 Å². The van der Waals surface area contributed by atoms with Gasteiger partial charge in [-0.2, -0.15) is 0 Å². The van der Waals surface area contributed by atoms with E-state index in [4.69, 9.17) is 5.73 Å². The fraction of sp³-hybridized carbons (Fsp3) is 0. The summed E-state index contributed by atoms with van der Waals surface area (Å²) in [6.45, 7) is 0. The molecule has 1 heterocycles. The third kappa shape index (κ3) is 1.98. The minimum atomic E-state index is -1.53. The molecule has 0 atom stereocenters. The average molecular weight is 151 g/mol. The van der Waals surface area contributed by atoms with Crippen LogP contribution in [0.3, 0.4) is 0 Å². The normalized spacial score (nSPS) is 8.40. The zero-order valence-corrected chi connectivity index (χ0v) is 7.20. The van der Waals surface area contributed by atoms with Crippen molar-refractivity contribution in [2.75, 3.05) is 5.73 Å². The second kappa shape index (κ2) is 3.55. The number of hydrogen-bond acceptors (Lipinski definition) is 6. The molecule has 0 fully saturated rings. The second-order valence-corrected chi connectivity index (χ2v) is 1.23. The molecule has 0 spiro atoms. The van der Waals surface area contributed by atoms with E-state index in [1.165, 1.54) is 0 Å². The van der Waals surface area contributed by atoms with Gasteiger partial charge in [-0.3, -0.25) is 0 Å². The maximum absolute atomic E-state index is 9.85. The Hall–Kier alpha value is -0.590. The van der Waals surface area contributed by atoms with Crippen molar-refractivity contribution in [1.82, 2.24) is 10.2 Å². The van der Waals surface area contributed by atoms with E-state index in [-0.39, 0.29) is 35.6 Å². The van der Waals surface area contributed by atoms with Crippen LogP contribution in [0.2, 0.25) is 0 Å². The van der Waals surface area contributed by atoms with E-state index in [1.807, 2.05) is 0 Å². The summed E-state index contributed by atoms with van der Waals surface area (Å²) in [5, 5.41) is 15.9. The Morgan fingerprint density at radius 2 is 2.20 bits per heavy atom. The second-order valence-electron chi connectivity index (χ2n) is 1.23. The Morgan fingerprint density at radius 1 is 1.60 bits per heavy atom. The summed E-state index contributed by atoms with van der Waals surface area (Å²) in [5.74, 6) is -2.13. The minimum Gasteiger partial charge on any atom is -0.540 e. The van der Waals surface area contributed by atoms with E-state index in [0.29, 0.717) is 0 Å². The largest absolute Gasteiger partial charge is 1.00 e. The molecule has 6 nitrogen and oxygen atoms in total. The molecule has 0 bridgehead atoms. The molecule has 0 aliphatic carbocycles. The van der Waals surface area contributed by atoms with Crippen LogP contribution in [-0.4, -0.2) is 16.2 Å². The van der Waals surface area contributed by atoms with Gasteiger partial charge in [0.25, 0.3) is 5.89 Å². The summed E-state index contributed by atoms with van der Waals surface area (Å²) in [5.41, 5.74) is 4.88. The molecule has 1 aromatic heterocycles. The number of rotatable bonds is 1. The number of nitrogen functional groups attached to an aromatic ring is 1. The van der Waals surface area contributed by atoms with Gasteiger partial charge in [0.05, 0.1) is 0 Å². The molecule has 7 heteroatoms. The molecular formula is C3H2N3NaO3. The molecule has 0 unspecified atom stereocenters. The number of nitrogens with two attached hydrogens (primary N) is 1. The van der Waals surface area contributed by atoms with Crippen molar-refractivity contribution in [3.63, 3.8) is 0 Å². The first-order valence-electron chi connectivity index (χ1n) is 2.00. The predicted molar refractivity (Wildman–Crippen MR) is 23.0 cm³/mol. The summed E-state index contributed by atoms with van der Waals surface area (Å²) < 4.78 is 4.24. The summed E-state index contributed by atoms with van der Waals surface area (Å²) in [6, 6.07) is -0.283. The number of carboxylic acids is 1. The minimum absolute atomic E-state index is 0. The Kier molecular flexibility index (Phi) is 3.34. The number of carboxylic acid groups (broad SMARTS) is 1. The van der Waals surface area contributed by atoms with Crippen LogP contribution in [0.1, 0.15) is 10.7 Å². The fourth-order valence-corrected chi connectivity index (χ4v) is 0.317. The quantitative estimate of drug-likeness (QED) is 0.403. The summed E-state index contributed by atoms with van der Waals surface area (Å²) in [4.78, 5) is 9.85. The third-order valence-corrected chi connectivity index (χ3v) is 0.615. The van der Waals surface area contributed by atoms with E-state index in [2.05, 4.69) is 14.6 Å². The van der Waals surface area contributed by atoms with Gasteiger partial charge >= 0.3 is 35.6 Å². The molecule has 0 radical (unpaired) electrons. The maximum atomic E-state index is 9.85. The molecule has 0 aliphatic heterocycles. The van der Waals surface area contributed by atoms with Gasteiger partial charge in [0.2, 0.25) is 0 Å². The van der Waals surface area contributed by atoms with Gasteiger partial charge in [-0.15, -0.1) is 5.10 Å². The molecule has 1 aromatic rings. The molecule has 0 saturated carbocycles. The van der Waals surface area contributed by atoms with Crippen molar-refractivity contribution < 1.29 is 43.9 Å². The molecule has 48 valence electrons. The average Bonchev–Trinajstić information content (AvgIpc) is 2.14. The van der Waals surface area contributed by atoms with E-state index in [9.17, 15) is 9.90 Å². The van der Waals surface area contributed by atoms with Gasteiger partial charge in [0.1, 0.15) is 5.97 Å². The molecule has 10 heavy (non-hydrogen) atoms. The SMILES string of the molecule is Nc1nnc(C(=O)[O-])o1.[Na+].